The van der Waals surface area contributed by atoms with Gasteiger partial charge in [-0.05, 0) is 35.4 Å². The molecule has 1 aliphatic rings. The second-order valence-corrected chi connectivity index (χ2v) is 4.42. The monoisotopic (exact) mass is 277 g/mol. The van der Waals surface area contributed by atoms with E-state index in [-0.39, 0.29) is 0 Å². The molecule has 0 aromatic carbocycles. The van der Waals surface area contributed by atoms with Crippen molar-refractivity contribution in [3.63, 3.8) is 0 Å². The number of anilines is 1. The maximum atomic E-state index is 5.88. The molecular weight excluding hydrogens is 265 g/mol. The van der Waals surface area contributed by atoms with Crippen LogP contribution in [0.25, 0.3) is 0 Å². The second-order valence-electron chi connectivity index (χ2n) is 3.26. The first-order chi connectivity index (χ1) is 5.79. The Bertz CT molecular complexity index is 276. The highest BCUT2D eigenvalue weighted by molar-refractivity contribution is 14.1. The van der Waals surface area contributed by atoms with Crippen molar-refractivity contribution in [1.82, 2.24) is 9.78 Å². The van der Waals surface area contributed by atoms with Gasteiger partial charge in [-0.15, -0.1) is 0 Å². The molecule has 66 valence electrons. The van der Waals surface area contributed by atoms with Crippen LogP contribution < -0.4 is 5.73 Å². The van der Waals surface area contributed by atoms with Gasteiger partial charge in [-0.1, -0.05) is 12.8 Å². The SMILES string of the molecule is Nc1c(I)cnn1C1CCCC1. The molecule has 4 heteroatoms. The molecule has 12 heavy (non-hydrogen) atoms. The van der Waals surface area contributed by atoms with E-state index in [9.17, 15) is 0 Å². The lowest BCUT2D eigenvalue weighted by Crippen LogP contribution is -2.09. The fourth-order valence-electron chi connectivity index (χ4n) is 1.79. The maximum absolute atomic E-state index is 5.88. The predicted molar refractivity (Wildman–Crippen MR) is 56.9 cm³/mol. The first kappa shape index (κ1) is 8.34. The minimum Gasteiger partial charge on any atom is -0.383 e. The van der Waals surface area contributed by atoms with Gasteiger partial charge >= 0.3 is 0 Å². The molecule has 0 bridgehead atoms. The van der Waals surface area contributed by atoms with Crippen molar-refractivity contribution < 1.29 is 0 Å². The Hall–Kier alpha value is -0.260. The Morgan fingerprint density at radius 1 is 1.50 bits per heavy atom. The standard InChI is InChI=1S/C8H12IN3/c9-7-5-11-12(8(7)10)6-3-1-2-4-6/h5-6H,1-4,10H2. The molecule has 3 nitrogen and oxygen atoms in total. The average molecular weight is 277 g/mol. The highest BCUT2D eigenvalue weighted by atomic mass is 127. The van der Waals surface area contributed by atoms with Gasteiger partial charge in [0.25, 0.3) is 0 Å². The summed E-state index contributed by atoms with van der Waals surface area (Å²) < 4.78 is 3.05. The molecule has 0 amide bonds. The van der Waals surface area contributed by atoms with Crippen molar-refractivity contribution in [1.29, 1.82) is 0 Å². The quantitative estimate of drug-likeness (QED) is 0.800. The van der Waals surface area contributed by atoms with E-state index in [4.69, 9.17) is 5.73 Å². The van der Waals surface area contributed by atoms with Gasteiger partial charge in [0.1, 0.15) is 5.82 Å². The van der Waals surface area contributed by atoms with Crippen LogP contribution in [0.2, 0.25) is 0 Å². The van der Waals surface area contributed by atoms with Crippen molar-refractivity contribution in [2.45, 2.75) is 31.7 Å². The van der Waals surface area contributed by atoms with Crippen LogP contribution in [0.3, 0.4) is 0 Å². The van der Waals surface area contributed by atoms with Crippen LogP contribution >= 0.6 is 22.6 Å². The molecule has 0 atom stereocenters. The number of aromatic nitrogens is 2. The maximum Gasteiger partial charge on any atom is 0.135 e. The predicted octanol–water partition coefficient (Wildman–Crippen LogP) is 2.19. The second kappa shape index (κ2) is 3.24. The third-order valence-corrected chi connectivity index (χ3v) is 3.29. The molecule has 1 aromatic rings. The zero-order chi connectivity index (χ0) is 8.55. The van der Waals surface area contributed by atoms with Crippen LogP contribution in [0.5, 0.6) is 0 Å². The van der Waals surface area contributed by atoms with E-state index >= 15 is 0 Å². The first-order valence-electron chi connectivity index (χ1n) is 4.27. The van der Waals surface area contributed by atoms with Crippen molar-refractivity contribution in [3.8, 4) is 0 Å². The van der Waals surface area contributed by atoms with E-state index in [1.807, 2.05) is 10.9 Å². The average Bonchev–Trinajstić information content (AvgIpc) is 2.64. The normalized spacial score (nSPS) is 18.8. The number of nitrogens with zero attached hydrogens (tertiary/aromatic N) is 2. The minimum absolute atomic E-state index is 0.563. The summed E-state index contributed by atoms with van der Waals surface area (Å²) in [5, 5.41) is 4.28. The Morgan fingerprint density at radius 3 is 2.67 bits per heavy atom. The van der Waals surface area contributed by atoms with Crippen molar-refractivity contribution >= 4 is 28.4 Å². The molecule has 1 heterocycles. The van der Waals surface area contributed by atoms with Crippen LogP contribution in [0.1, 0.15) is 31.7 Å². The molecule has 0 aliphatic heterocycles. The fourth-order valence-corrected chi connectivity index (χ4v) is 2.16. The van der Waals surface area contributed by atoms with E-state index in [0.29, 0.717) is 6.04 Å². The highest BCUT2D eigenvalue weighted by Gasteiger charge is 2.19. The Balaban J connectivity index is 2.26. The number of nitrogen functional groups attached to an aromatic ring is 1. The van der Waals surface area contributed by atoms with Gasteiger partial charge in [-0.3, -0.25) is 0 Å². The molecule has 0 saturated heterocycles. The van der Waals surface area contributed by atoms with Gasteiger partial charge in [0.2, 0.25) is 0 Å². The summed E-state index contributed by atoms with van der Waals surface area (Å²) in [6.45, 7) is 0. The number of nitrogens with two attached hydrogens (primary N) is 1. The molecule has 0 spiro atoms. The van der Waals surface area contributed by atoms with Crippen LogP contribution in [0, 0.1) is 3.57 Å². The topological polar surface area (TPSA) is 43.8 Å². The van der Waals surface area contributed by atoms with E-state index < -0.39 is 0 Å². The smallest absolute Gasteiger partial charge is 0.135 e. The first-order valence-corrected chi connectivity index (χ1v) is 5.35. The Morgan fingerprint density at radius 2 is 2.17 bits per heavy atom. The van der Waals surface area contributed by atoms with Crippen LogP contribution in [-0.2, 0) is 0 Å². The number of hydrogen-bond acceptors (Lipinski definition) is 2. The Kier molecular flexibility index (Phi) is 2.25. The Labute approximate surface area is 85.5 Å². The molecule has 1 saturated carbocycles. The van der Waals surface area contributed by atoms with Crippen molar-refractivity contribution in [3.05, 3.63) is 9.77 Å². The number of rotatable bonds is 1. The fraction of sp³-hybridized carbons (Fsp3) is 0.625. The van der Waals surface area contributed by atoms with Gasteiger partial charge in [-0.2, -0.15) is 5.10 Å². The minimum atomic E-state index is 0.563. The molecule has 1 fully saturated rings. The van der Waals surface area contributed by atoms with Crippen LogP contribution in [0.4, 0.5) is 5.82 Å². The summed E-state index contributed by atoms with van der Waals surface area (Å²) in [4.78, 5) is 0. The van der Waals surface area contributed by atoms with E-state index in [1.54, 1.807) is 0 Å². The highest BCUT2D eigenvalue weighted by Crippen LogP contribution is 2.31. The van der Waals surface area contributed by atoms with Crippen LogP contribution in [-0.4, -0.2) is 9.78 Å². The molecule has 2 rings (SSSR count). The molecule has 0 unspecified atom stereocenters. The van der Waals surface area contributed by atoms with E-state index in [2.05, 4.69) is 27.7 Å². The summed E-state index contributed by atoms with van der Waals surface area (Å²) in [5.41, 5.74) is 5.88. The zero-order valence-corrected chi connectivity index (χ0v) is 8.99. The third-order valence-electron chi connectivity index (χ3n) is 2.46. The van der Waals surface area contributed by atoms with Gasteiger partial charge in [0.15, 0.2) is 0 Å². The molecule has 0 radical (unpaired) electrons. The molecular formula is C8H12IN3. The van der Waals surface area contributed by atoms with Crippen molar-refractivity contribution in [2.75, 3.05) is 5.73 Å². The number of hydrogen-bond donors (Lipinski definition) is 1. The summed E-state index contributed by atoms with van der Waals surface area (Å²) in [7, 11) is 0. The van der Waals surface area contributed by atoms with E-state index in [1.165, 1.54) is 25.7 Å². The van der Waals surface area contributed by atoms with Crippen LogP contribution in [0.15, 0.2) is 6.20 Å². The third kappa shape index (κ3) is 1.32. The van der Waals surface area contributed by atoms with E-state index in [0.717, 1.165) is 9.39 Å². The summed E-state index contributed by atoms with van der Waals surface area (Å²) in [5.74, 6) is 0.836. The van der Waals surface area contributed by atoms with Gasteiger partial charge in [0, 0.05) is 0 Å². The number of halogens is 1. The lowest BCUT2D eigenvalue weighted by atomic mass is 10.2. The lowest BCUT2D eigenvalue weighted by Gasteiger charge is -2.11. The molecule has 1 aliphatic carbocycles. The summed E-state index contributed by atoms with van der Waals surface area (Å²) in [6, 6.07) is 0.563. The molecule has 1 aromatic heterocycles. The lowest BCUT2D eigenvalue weighted by molar-refractivity contribution is 0.473. The summed E-state index contributed by atoms with van der Waals surface area (Å²) in [6.07, 6.45) is 6.96. The summed E-state index contributed by atoms with van der Waals surface area (Å²) >= 11 is 2.22. The zero-order valence-electron chi connectivity index (χ0n) is 6.83. The largest absolute Gasteiger partial charge is 0.383 e. The van der Waals surface area contributed by atoms with Gasteiger partial charge < -0.3 is 5.73 Å². The van der Waals surface area contributed by atoms with Gasteiger partial charge in [0.05, 0.1) is 15.8 Å². The van der Waals surface area contributed by atoms with Crippen molar-refractivity contribution in [2.24, 2.45) is 0 Å². The molecule has 2 N–H and O–H groups in total. The van der Waals surface area contributed by atoms with Gasteiger partial charge in [-0.25, -0.2) is 4.68 Å².